The zero-order chi connectivity index (χ0) is 20.5. The lowest BCUT2D eigenvalue weighted by Gasteiger charge is -2.18. The Morgan fingerprint density at radius 1 is 0.967 bits per heavy atom. The van der Waals surface area contributed by atoms with Gasteiger partial charge in [0, 0.05) is 11.4 Å². The molecule has 0 saturated carbocycles. The number of fused-ring (bicyclic) bond motifs is 2. The number of thioether (sulfide) groups is 1. The van der Waals surface area contributed by atoms with Crippen molar-refractivity contribution >= 4 is 22.8 Å². The number of aromatic nitrogens is 3. The van der Waals surface area contributed by atoms with E-state index in [1.807, 2.05) is 55.5 Å². The molecule has 0 aliphatic heterocycles. The predicted octanol–water partition coefficient (Wildman–Crippen LogP) is 5.26. The molecule has 0 N–H and O–H groups in total. The van der Waals surface area contributed by atoms with Gasteiger partial charge in [0.15, 0.2) is 10.8 Å². The highest BCUT2D eigenvalue weighted by molar-refractivity contribution is 7.98. The Labute approximate surface area is 180 Å². The van der Waals surface area contributed by atoms with Crippen LogP contribution in [0, 0.1) is 6.92 Å². The fourth-order valence-corrected chi connectivity index (χ4v) is 5.01. The summed E-state index contributed by atoms with van der Waals surface area (Å²) in [6.07, 6.45) is 4.28. The highest BCUT2D eigenvalue weighted by Gasteiger charge is 2.19. The summed E-state index contributed by atoms with van der Waals surface area (Å²) in [6.45, 7) is 2.03. The van der Waals surface area contributed by atoms with Crippen LogP contribution < -0.4 is 5.56 Å². The summed E-state index contributed by atoms with van der Waals surface area (Å²) in [5, 5.41) is 1.30. The molecule has 5 rings (SSSR count). The average molecular weight is 414 g/mol. The van der Waals surface area contributed by atoms with Crippen LogP contribution in [0.2, 0.25) is 0 Å². The van der Waals surface area contributed by atoms with Crippen molar-refractivity contribution in [2.24, 2.45) is 0 Å². The molecule has 2 aromatic heterocycles. The first-order valence-electron chi connectivity index (χ1n) is 10.4. The summed E-state index contributed by atoms with van der Waals surface area (Å²) >= 11 is 1.58. The lowest BCUT2D eigenvalue weighted by Crippen LogP contribution is -2.23. The normalized spacial score (nSPS) is 13.4. The van der Waals surface area contributed by atoms with E-state index in [0.29, 0.717) is 16.2 Å². The number of hydrogen-bond acceptors (Lipinski definition) is 4. The van der Waals surface area contributed by atoms with Crippen molar-refractivity contribution in [2.45, 2.75) is 43.5 Å². The van der Waals surface area contributed by atoms with E-state index in [1.54, 1.807) is 16.3 Å². The molecule has 0 radical (unpaired) electrons. The predicted molar refractivity (Wildman–Crippen MR) is 123 cm³/mol. The molecule has 4 nitrogen and oxygen atoms in total. The van der Waals surface area contributed by atoms with Gasteiger partial charge < -0.3 is 0 Å². The van der Waals surface area contributed by atoms with E-state index in [2.05, 4.69) is 12.1 Å². The van der Waals surface area contributed by atoms with Gasteiger partial charge in [-0.2, -0.15) is 0 Å². The molecule has 1 aliphatic rings. The third-order valence-corrected chi connectivity index (χ3v) is 6.68. The fourth-order valence-electron chi connectivity index (χ4n) is 4.06. The fraction of sp³-hybridized carbons (Fsp3) is 0.240. The summed E-state index contributed by atoms with van der Waals surface area (Å²) < 4.78 is 1.77. The van der Waals surface area contributed by atoms with Crippen molar-refractivity contribution in [3.63, 3.8) is 0 Å². The van der Waals surface area contributed by atoms with Crippen LogP contribution in [-0.2, 0) is 18.6 Å². The van der Waals surface area contributed by atoms with Crippen LogP contribution >= 0.6 is 11.8 Å². The molecule has 2 aromatic carbocycles. The first kappa shape index (κ1) is 19.1. The van der Waals surface area contributed by atoms with Gasteiger partial charge in [-0.3, -0.25) is 9.36 Å². The maximum absolute atomic E-state index is 13.7. The third kappa shape index (κ3) is 3.54. The summed E-state index contributed by atoms with van der Waals surface area (Å²) in [7, 11) is 0. The molecule has 0 amide bonds. The second-order valence-corrected chi connectivity index (χ2v) is 8.71. The molecule has 30 heavy (non-hydrogen) atoms. The molecule has 0 bridgehead atoms. The van der Waals surface area contributed by atoms with Gasteiger partial charge in [0.05, 0.1) is 11.1 Å². The van der Waals surface area contributed by atoms with Gasteiger partial charge in [-0.25, -0.2) is 9.97 Å². The number of nitrogens with zero attached hydrogens (tertiary/aromatic N) is 3. The Bertz CT molecular complexity index is 1280. The van der Waals surface area contributed by atoms with E-state index in [-0.39, 0.29) is 5.56 Å². The summed E-state index contributed by atoms with van der Waals surface area (Å²) in [5.74, 6) is 0.746. The first-order valence-corrected chi connectivity index (χ1v) is 11.4. The molecule has 0 spiro atoms. The van der Waals surface area contributed by atoms with E-state index in [0.717, 1.165) is 48.4 Å². The Balaban J connectivity index is 1.70. The van der Waals surface area contributed by atoms with Crippen LogP contribution in [0.1, 0.15) is 35.2 Å². The van der Waals surface area contributed by atoms with Crippen molar-refractivity contribution in [3.05, 3.63) is 93.4 Å². The van der Waals surface area contributed by atoms with Gasteiger partial charge in [0.25, 0.3) is 5.56 Å². The van der Waals surface area contributed by atoms with Crippen molar-refractivity contribution in [1.29, 1.82) is 0 Å². The molecule has 1 aliphatic carbocycles. The van der Waals surface area contributed by atoms with Crippen LogP contribution in [0.4, 0.5) is 0 Å². The number of benzene rings is 2. The van der Waals surface area contributed by atoms with Crippen molar-refractivity contribution < 1.29 is 0 Å². The zero-order valence-corrected chi connectivity index (χ0v) is 17.8. The monoisotopic (exact) mass is 413 g/mol. The van der Waals surface area contributed by atoms with E-state index in [4.69, 9.17) is 9.97 Å². The topological polar surface area (TPSA) is 47.8 Å². The van der Waals surface area contributed by atoms with Gasteiger partial charge in [0.2, 0.25) is 0 Å². The molecule has 4 aromatic rings. The van der Waals surface area contributed by atoms with E-state index in [1.165, 1.54) is 11.1 Å². The molecule has 0 fully saturated rings. The standard InChI is InChI=1S/C25H23N3OS/c1-17-9-5-8-14-22(17)28-24(29)20-15-19-12-6-7-13-21(19)26-23(20)27-25(28)30-16-18-10-3-2-4-11-18/h2-5,8-11,14-15H,6-7,12-13,16H2,1H3. The molecule has 0 atom stereocenters. The Hall–Kier alpha value is -2.92. The van der Waals surface area contributed by atoms with Crippen molar-refractivity contribution in [2.75, 3.05) is 0 Å². The van der Waals surface area contributed by atoms with E-state index < -0.39 is 0 Å². The molecular weight excluding hydrogens is 390 g/mol. The first-order chi connectivity index (χ1) is 14.7. The molecule has 0 saturated heterocycles. The smallest absolute Gasteiger partial charge is 0.268 e. The van der Waals surface area contributed by atoms with Crippen molar-refractivity contribution in [1.82, 2.24) is 14.5 Å². The van der Waals surface area contributed by atoms with Crippen LogP contribution in [0.25, 0.3) is 16.7 Å². The molecule has 5 heteroatoms. The minimum absolute atomic E-state index is 0.0364. The second-order valence-electron chi connectivity index (χ2n) is 7.77. The quantitative estimate of drug-likeness (QED) is 0.338. The third-order valence-electron chi connectivity index (χ3n) is 5.67. The highest BCUT2D eigenvalue weighted by atomic mass is 32.2. The number of rotatable bonds is 4. The number of aryl methyl sites for hydroxylation is 3. The summed E-state index contributed by atoms with van der Waals surface area (Å²) in [6, 6.07) is 20.3. The lowest BCUT2D eigenvalue weighted by molar-refractivity contribution is 0.669. The maximum atomic E-state index is 13.7. The lowest BCUT2D eigenvalue weighted by atomic mass is 9.95. The average Bonchev–Trinajstić information content (AvgIpc) is 2.78. The van der Waals surface area contributed by atoms with Gasteiger partial charge >= 0.3 is 0 Å². The molecule has 150 valence electrons. The van der Waals surface area contributed by atoms with Crippen LogP contribution in [0.3, 0.4) is 0 Å². The maximum Gasteiger partial charge on any atom is 0.268 e. The van der Waals surface area contributed by atoms with E-state index in [9.17, 15) is 4.79 Å². The van der Waals surface area contributed by atoms with Gasteiger partial charge in [-0.15, -0.1) is 0 Å². The SMILES string of the molecule is Cc1ccccc1-n1c(SCc2ccccc2)nc2nc3c(cc2c1=O)CCCC3. The highest BCUT2D eigenvalue weighted by Crippen LogP contribution is 2.27. The molecule has 2 heterocycles. The van der Waals surface area contributed by atoms with Gasteiger partial charge in [-0.05, 0) is 61.4 Å². The second kappa shape index (κ2) is 8.07. The van der Waals surface area contributed by atoms with E-state index >= 15 is 0 Å². The van der Waals surface area contributed by atoms with Gasteiger partial charge in [0.1, 0.15) is 0 Å². The number of hydrogen-bond donors (Lipinski definition) is 0. The molecular formula is C25H23N3OS. The zero-order valence-electron chi connectivity index (χ0n) is 17.0. The van der Waals surface area contributed by atoms with Crippen molar-refractivity contribution in [3.8, 4) is 5.69 Å². The number of para-hydroxylation sites is 1. The van der Waals surface area contributed by atoms with Crippen LogP contribution in [0.5, 0.6) is 0 Å². The summed E-state index contributed by atoms with van der Waals surface area (Å²) in [5.41, 5.74) is 5.97. The minimum Gasteiger partial charge on any atom is -0.268 e. The van der Waals surface area contributed by atoms with Crippen LogP contribution in [-0.4, -0.2) is 14.5 Å². The summed E-state index contributed by atoms with van der Waals surface area (Å²) in [4.78, 5) is 23.4. The van der Waals surface area contributed by atoms with Crippen LogP contribution in [0.15, 0.2) is 70.6 Å². The Kier molecular flexibility index (Phi) is 5.13. The Morgan fingerprint density at radius 3 is 2.57 bits per heavy atom. The minimum atomic E-state index is -0.0364. The van der Waals surface area contributed by atoms with Gasteiger partial charge in [-0.1, -0.05) is 60.3 Å². The number of pyridine rings is 1. The Morgan fingerprint density at radius 2 is 1.73 bits per heavy atom. The largest absolute Gasteiger partial charge is 0.268 e. The molecule has 0 unspecified atom stereocenters.